The van der Waals surface area contributed by atoms with E-state index >= 15 is 0 Å². The van der Waals surface area contributed by atoms with E-state index in [0.717, 1.165) is 4.68 Å². The van der Waals surface area contributed by atoms with Crippen LogP contribution in [-0.4, -0.2) is 19.9 Å². The van der Waals surface area contributed by atoms with Gasteiger partial charge >= 0.3 is 0 Å². The lowest BCUT2D eigenvalue weighted by atomic mass is 10.2. The summed E-state index contributed by atoms with van der Waals surface area (Å²) in [6.45, 7) is 0. The summed E-state index contributed by atoms with van der Waals surface area (Å²) in [6, 6.07) is 12.7. The van der Waals surface area contributed by atoms with Gasteiger partial charge in [0.15, 0.2) is 0 Å². The zero-order valence-electron chi connectivity index (χ0n) is 10.1. The molecule has 0 unspecified atom stereocenters. The highest BCUT2D eigenvalue weighted by Gasteiger charge is 2.12. The van der Waals surface area contributed by atoms with E-state index < -0.39 is 10.5 Å². The van der Waals surface area contributed by atoms with Crippen molar-refractivity contribution >= 4 is 16.6 Å². The molecule has 0 amide bonds. The predicted octanol–water partition coefficient (Wildman–Crippen LogP) is 1.69. The number of fused-ring (bicyclic) bond motifs is 1. The van der Waals surface area contributed by atoms with Crippen LogP contribution in [0.15, 0.2) is 53.3 Å². The number of benzene rings is 2. The fourth-order valence-electron chi connectivity index (χ4n) is 1.88. The van der Waals surface area contributed by atoms with Crippen molar-refractivity contribution < 1.29 is 4.92 Å². The van der Waals surface area contributed by atoms with Crippen molar-refractivity contribution in [3.63, 3.8) is 0 Å². The quantitative estimate of drug-likeness (QED) is 0.521. The summed E-state index contributed by atoms with van der Waals surface area (Å²) in [6.07, 6.45) is 0. The van der Waals surface area contributed by atoms with E-state index in [1.165, 1.54) is 18.2 Å². The molecule has 0 aliphatic rings. The highest BCUT2D eigenvalue weighted by atomic mass is 16.6. The number of nitrogens with zero attached hydrogens (tertiary/aromatic N) is 4. The monoisotopic (exact) mass is 268 g/mol. The first kappa shape index (κ1) is 12.0. The molecule has 0 N–H and O–H groups in total. The minimum Gasteiger partial charge on any atom is -0.267 e. The van der Waals surface area contributed by atoms with E-state index in [1.807, 2.05) is 6.07 Å². The Kier molecular flexibility index (Phi) is 2.72. The Morgan fingerprint density at radius 1 is 1.10 bits per heavy atom. The molecular formula is C13H8N4O3. The van der Waals surface area contributed by atoms with Gasteiger partial charge in [0.25, 0.3) is 11.2 Å². The maximum absolute atomic E-state index is 12.3. The van der Waals surface area contributed by atoms with Crippen LogP contribution in [-0.2, 0) is 0 Å². The summed E-state index contributed by atoms with van der Waals surface area (Å²) >= 11 is 0. The van der Waals surface area contributed by atoms with Crippen molar-refractivity contribution in [2.24, 2.45) is 0 Å². The normalized spacial score (nSPS) is 10.6. The second-order valence-electron chi connectivity index (χ2n) is 4.10. The molecule has 1 heterocycles. The summed E-state index contributed by atoms with van der Waals surface area (Å²) in [4.78, 5) is 22.6. The number of nitro groups is 1. The van der Waals surface area contributed by atoms with Gasteiger partial charge in [0.2, 0.25) is 0 Å². The molecule has 3 aromatic rings. The third-order valence-electron chi connectivity index (χ3n) is 2.86. The summed E-state index contributed by atoms with van der Waals surface area (Å²) in [5.41, 5.74) is 0.290. The molecule has 7 heteroatoms. The van der Waals surface area contributed by atoms with Gasteiger partial charge in [-0.15, -0.1) is 5.10 Å². The average molecular weight is 268 g/mol. The second-order valence-corrected chi connectivity index (χ2v) is 4.10. The van der Waals surface area contributed by atoms with Gasteiger partial charge in [0.1, 0.15) is 5.52 Å². The molecule has 2 aromatic carbocycles. The molecule has 7 nitrogen and oxygen atoms in total. The molecule has 1 aromatic heterocycles. The van der Waals surface area contributed by atoms with E-state index in [1.54, 1.807) is 24.3 Å². The van der Waals surface area contributed by atoms with Gasteiger partial charge in [0, 0.05) is 12.1 Å². The number of aromatic nitrogens is 3. The van der Waals surface area contributed by atoms with Crippen molar-refractivity contribution in [1.29, 1.82) is 0 Å². The molecule has 0 bridgehead atoms. The predicted molar refractivity (Wildman–Crippen MR) is 71.8 cm³/mol. The Morgan fingerprint density at radius 3 is 2.55 bits per heavy atom. The zero-order valence-corrected chi connectivity index (χ0v) is 10.1. The largest absolute Gasteiger partial charge is 0.282 e. The maximum Gasteiger partial charge on any atom is 0.282 e. The minimum atomic E-state index is -0.549. The van der Waals surface area contributed by atoms with Gasteiger partial charge in [-0.05, 0) is 18.2 Å². The van der Waals surface area contributed by atoms with E-state index in [0.29, 0.717) is 11.2 Å². The molecule has 20 heavy (non-hydrogen) atoms. The van der Waals surface area contributed by atoms with Crippen molar-refractivity contribution in [3.8, 4) is 5.69 Å². The summed E-state index contributed by atoms with van der Waals surface area (Å²) in [5, 5.41) is 18.7. The third kappa shape index (κ3) is 1.91. The molecule has 0 saturated carbocycles. The lowest BCUT2D eigenvalue weighted by Gasteiger charge is -2.04. The Morgan fingerprint density at radius 2 is 1.85 bits per heavy atom. The molecule has 0 saturated heterocycles. The topological polar surface area (TPSA) is 90.9 Å². The van der Waals surface area contributed by atoms with Crippen LogP contribution in [0.3, 0.4) is 0 Å². The van der Waals surface area contributed by atoms with Crippen molar-refractivity contribution in [1.82, 2.24) is 15.0 Å². The standard InChI is InChI=1S/C13H8N4O3/c18-13-11-8-10(17(19)20)6-7-12(11)14-15-16(13)9-4-2-1-3-5-9/h1-8H. The van der Waals surface area contributed by atoms with Crippen LogP contribution >= 0.6 is 0 Å². The van der Waals surface area contributed by atoms with E-state index in [4.69, 9.17) is 0 Å². The number of nitro benzene ring substituents is 1. The van der Waals surface area contributed by atoms with Gasteiger partial charge in [-0.2, -0.15) is 4.68 Å². The molecule has 0 radical (unpaired) electrons. The Hall–Kier alpha value is -3.09. The van der Waals surface area contributed by atoms with Gasteiger partial charge < -0.3 is 0 Å². The minimum absolute atomic E-state index is 0.151. The molecule has 0 spiro atoms. The smallest absolute Gasteiger partial charge is 0.267 e. The van der Waals surface area contributed by atoms with E-state index in [-0.39, 0.29) is 11.1 Å². The zero-order chi connectivity index (χ0) is 14.1. The van der Waals surface area contributed by atoms with Gasteiger partial charge in [-0.3, -0.25) is 14.9 Å². The van der Waals surface area contributed by atoms with Crippen LogP contribution in [0.25, 0.3) is 16.6 Å². The van der Waals surface area contributed by atoms with E-state index in [9.17, 15) is 14.9 Å². The van der Waals surface area contributed by atoms with Crippen LogP contribution in [0.5, 0.6) is 0 Å². The Balaban J connectivity index is 2.29. The lowest BCUT2D eigenvalue weighted by Crippen LogP contribution is -2.22. The van der Waals surface area contributed by atoms with Crippen molar-refractivity contribution in [2.45, 2.75) is 0 Å². The fourth-order valence-corrected chi connectivity index (χ4v) is 1.88. The van der Waals surface area contributed by atoms with Crippen LogP contribution in [0.4, 0.5) is 5.69 Å². The first-order valence-corrected chi connectivity index (χ1v) is 5.76. The molecule has 0 fully saturated rings. The fraction of sp³-hybridized carbons (Fsp3) is 0. The van der Waals surface area contributed by atoms with Gasteiger partial charge in [-0.25, -0.2) is 0 Å². The molecule has 98 valence electrons. The average Bonchev–Trinajstić information content (AvgIpc) is 2.48. The Labute approximate surface area is 112 Å². The van der Waals surface area contributed by atoms with Crippen LogP contribution in [0.2, 0.25) is 0 Å². The van der Waals surface area contributed by atoms with Crippen LogP contribution in [0.1, 0.15) is 0 Å². The molecule has 0 aliphatic heterocycles. The molecule has 0 aliphatic carbocycles. The number of non-ortho nitro benzene ring substituents is 1. The van der Waals surface area contributed by atoms with Gasteiger partial charge in [0.05, 0.1) is 16.0 Å². The SMILES string of the molecule is O=c1c2cc([N+](=O)[O-])ccc2nnn1-c1ccccc1. The molecule has 3 rings (SSSR count). The first-order valence-electron chi connectivity index (χ1n) is 5.76. The number of hydrogen-bond acceptors (Lipinski definition) is 5. The summed E-state index contributed by atoms with van der Waals surface area (Å²) < 4.78 is 1.12. The first-order chi connectivity index (χ1) is 9.66. The lowest BCUT2D eigenvalue weighted by molar-refractivity contribution is -0.384. The van der Waals surface area contributed by atoms with Crippen LogP contribution in [0, 0.1) is 10.1 Å². The van der Waals surface area contributed by atoms with Crippen molar-refractivity contribution in [3.05, 3.63) is 69.0 Å². The molecular weight excluding hydrogens is 260 g/mol. The van der Waals surface area contributed by atoms with Crippen LogP contribution < -0.4 is 5.56 Å². The van der Waals surface area contributed by atoms with E-state index in [2.05, 4.69) is 10.3 Å². The maximum atomic E-state index is 12.3. The van der Waals surface area contributed by atoms with Gasteiger partial charge in [-0.1, -0.05) is 23.4 Å². The highest BCUT2D eigenvalue weighted by molar-refractivity contribution is 5.79. The third-order valence-corrected chi connectivity index (χ3v) is 2.86. The number of para-hydroxylation sites is 1. The number of rotatable bonds is 2. The summed E-state index contributed by atoms with van der Waals surface area (Å²) in [5.74, 6) is 0. The summed E-state index contributed by atoms with van der Waals surface area (Å²) in [7, 11) is 0. The number of hydrogen-bond donors (Lipinski definition) is 0. The second kappa shape index (κ2) is 4.54. The molecule has 0 atom stereocenters. The van der Waals surface area contributed by atoms with Crippen molar-refractivity contribution in [2.75, 3.05) is 0 Å². The Bertz CT molecular complexity index is 858. The highest BCUT2D eigenvalue weighted by Crippen LogP contribution is 2.16.